The van der Waals surface area contributed by atoms with Gasteiger partial charge in [-0.2, -0.15) is 0 Å². The van der Waals surface area contributed by atoms with Crippen LogP contribution in [0.1, 0.15) is 6.42 Å². The van der Waals surface area contributed by atoms with E-state index in [-0.39, 0.29) is 6.04 Å². The van der Waals surface area contributed by atoms with Gasteiger partial charge in [0.2, 0.25) is 0 Å². The molecule has 9 aromatic carbocycles. The zero-order valence-corrected chi connectivity index (χ0v) is 34.8. The van der Waals surface area contributed by atoms with Gasteiger partial charge in [-0.1, -0.05) is 164 Å². The van der Waals surface area contributed by atoms with Crippen LogP contribution in [-0.2, 0) is 0 Å². The van der Waals surface area contributed by atoms with Crippen LogP contribution >= 0.6 is 0 Å². The van der Waals surface area contributed by atoms with Gasteiger partial charge in [-0.25, -0.2) is 0 Å². The molecule has 11 rings (SSSR count). The normalized spacial score (nSPS) is 13.4. The molecule has 63 heavy (non-hydrogen) atoms. The van der Waals surface area contributed by atoms with Crippen LogP contribution in [0.5, 0.6) is 0 Å². The number of benzene rings is 9. The number of rotatable bonds is 10. The summed E-state index contributed by atoms with van der Waals surface area (Å²) >= 11 is 0. The smallest absolute Gasteiger partial charge is 0.135 e. The molecule has 1 aliphatic rings. The Morgan fingerprint density at radius 2 is 0.698 bits per heavy atom. The Bertz CT molecular complexity index is 3210. The summed E-state index contributed by atoms with van der Waals surface area (Å²) in [7, 11) is 0. The van der Waals surface area contributed by atoms with E-state index in [1.165, 1.54) is 27.9 Å². The van der Waals surface area contributed by atoms with Crippen LogP contribution in [0.3, 0.4) is 0 Å². The molecule has 0 spiro atoms. The molecule has 10 aromatic rings. The van der Waals surface area contributed by atoms with Crippen LogP contribution in [0, 0.1) is 0 Å². The first kappa shape index (κ1) is 37.8. The van der Waals surface area contributed by atoms with Crippen molar-refractivity contribution >= 4 is 50.4 Å². The molecule has 1 atom stereocenters. The molecule has 1 heterocycles. The Morgan fingerprint density at radius 1 is 0.333 bits per heavy atom. The summed E-state index contributed by atoms with van der Waals surface area (Å²) in [5.74, 6) is 0. The number of hydrogen-bond acceptors (Lipinski definition) is 3. The van der Waals surface area contributed by atoms with E-state index in [1.807, 2.05) is 0 Å². The predicted octanol–water partition coefficient (Wildman–Crippen LogP) is 16.7. The molecule has 1 aliphatic carbocycles. The molecule has 3 nitrogen and oxygen atoms in total. The fourth-order valence-electron chi connectivity index (χ4n) is 8.95. The molecule has 3 heteroatoms. The van der Waals surface area contributed by atoms with Crippen molar-refractivity contribution in [2.24, 2.45) is 0 Å². The minimum Gasteiger partial charge on any atom is -0.456 e. The fourth-order valence-corrected chi connectivity index (χ4v) is 8.95. The highest BCUT2D eigenvalue weighted by Crippen LogP contribution is 2.40. The van der Waals surface area contributed by atoms with E-state index in [2.05, 4.69) is 259 Å². The summed E-state index contributed by atoms with van der Waals surface area (Å²) in [5, 5.41) is 2.22. The number of para-hydroxylation sites is 1. The summed E-state index contributed by atoms with van der Waals surface area (Å²) in [4.78, 5) is 4.76. The first-order chi connectivity index (χ1) is 31.2. The second-order valence-corrected chi connectivity index (χ2v) is 16.1. The Kier molecular flexibility index (Phi) is 10.0. The standard InChI is InChI=1S/C60H44N2O/c1-5-13-43(14-6-1)45-21-31-53(32-22-45)61(51-17-9-3-10-18-51)55-35-25-47(26-36-55)49-29-39-59-57(41-49)58-42-50(30-40-60(58)63-59)48-27-37-56(38-28-48)62(52-19-11-4-12-20-52)54-33-23-46(24-34-54)44-15-7-2-8-16-44/h1-19,21-42,52H,20H2. The fraction of sp³-hybridized carbons (Fsp3) is 0.0333. The van der Waals surface area contributed by atoms with E-state index in [9.17, 15) is 0 Å². The first-order valence-electron chi connectivity index (χ1n) is 21.7. The third-order valence-corrected chi connectivity index (χ3v) is 12.2. The third kappa shape index (κ3) is 7.62. The Hall–Kier alpha value is -8.14. The van der Waals surface area contributed by atoms with Crippen LogP contribution in [-0.4, -0.2) is 6.04 Å². The number of fused-ring (bicyclic) bond motifs is 3. The van der Waals surface area contributed by atoms with Gasteiger partial charge in [-0.15, -0.1) is 0 Å². The van der Waals surface area contributed by atoms with Gasteiger partial charge in [-0.3, -0.25) is 0 Å². The zero-order chi connectivity index (χ0) is 42.0. The van der Waals surface area contributed by atoms with Gasteiger partial charge in [0.15, 0.2) is 0 Å². The molecule has 1 aromatic heterocycles. The van der Waals surface area contributed by atoms with Gasteiger partial charge in [0.25, 0.3) is 0 Å². The van der Waals surface area contributed by atoms with Crippen LogP contribution in [0.4, 0.5) is 28.4 Å². The third-order valence-electron chi connectivity index (χ3n) is 12.2. The van der Waals surface area contributed by atoms with Crippen molar-refractivity contribution in [1.82, 2.24) is 0 Å². The topological polar surface area (TPSA) is 19.6 Å². The van der Waals surface area contributed by atoms with E-state index in [0.29, 0.717) is 0 Å². The van der Waals surface area contributed by atoms with Crippen LogP contribution in [0.15, 0.2) is 253 Å². The van der Waals surface area contributed by atoms with Crippen molar-refractivity contribution < 1.29 is 4.42 Å². The Morgan fingerprint density at radius 3 is 1.13 bits per heavy atom. The number of hydrogen-bond donors (Lipinski definition) is 0. The molecule has 0 radical (unpaired) electrons. The average molecular weight is 809 g/mol. The molecule has 0 aliphatic heterocycles. The molecular formula is C60H44N2O. The highest BCUT2D eigenvalue weighted by molar-refractivity contribution is 6.07. The van der Waals surface area contributed by atoms with Crippen molar-refractivity contribution in [3.8, 4) is 44.5 Å². The maximum Gasteiger partial charge on any atom is 0.135 e. The molecule has 0 bridgehead atoms. The molecule has 300 valence electrons. The molecule has 1 unspecified atom stereocenters. The number of allylic oxidation sites excluding steroid dienone is 2. The lowest BCUT2D eigenvalue weighted by Crippen LogP contribution is -2.29. The maximum absolute atomic E-state index is 6.40. The van der Waals surface area contributed by atoms with Gasteiger partial charge >= 0.3 is 0 Å². The van der Waals surface area contributed by atoms with Gasteiger partial charge in [0, 0.05) is 39.2 Å². The van der Waals surface area contributed by atoms with Crippen molar-refractivity contribution in [2.45, 2.75) is 12.5 Å². The highest BCUT2D eigenvalue weighted by Gasteiger charge is 2.20. The lowest BCUT2D eigenvalue weighted by molar-refractivity contribution is 0.669. The quantitative estimate of drug-likeness (QED) is 0.137. The number of nitrogens with zero attached hydrogens (tertiary/aromatic N) is 2. The number of furan rings is 1. The Labute approximate surface area is 368 Å². The number of anilines is 5. The van der Waals surface area contributed by atoms with Gasteiger partial charge in [-0.05, 0) is 136 Å². The molecule has 0 saturated carbocycles. The zero-order valence-electron chi connectivity index (χ0n) is 34.8. The monoisotopic (exact) mass is 808 g/mol. The predicted molar refractivity (Wildman–Crippen MR) is 265 cm³/mol. The average Bonchev–Trinajstić information content (AvgIpc) is 3.74. The van der Waals surface area contributed by atoms with E-state index in [0.717, 1.165) is 73.4 Å². The van der Waals surface area contributed by atoms with Gasteiger partial charge < -0.3 is 14.2 Å². The van der Waals surface area contributed by atoms with Gasteiger partial charge in [0.1, 0.15) is 11.2 Å². The summed E-state index contributed by atoms with van der Waals surface area (Å²) in [5.41, 5.74) is 16.9. The summed E-state index contributed by atoms with van der Waals surface area (Å²) in [6.07, 6.45) is 9.79. The molecule has 0 fully saturated rings. The van der Waals surface area contributed by atoms with E-state index in [4.69, 9.17) is 4.42 Å². The van der Waals surface area contributed by atoms with E-state index < -0.39 is 0 Å². The van der Waals surface area contributed by atoms with E-state index >= 15 is 0 Å². The summed E-state index contributed by atoms with van der Waals surface area (Å²) in [6.45, 7) is 0. The second kappa shape index (κ2) is 16.7. The maximum atomic E-state index is 6.40. The molecular weight excluding hydrogens is 765 g/mol. The van der Waals surface area contributed by atoms with Crippen LogP contribution in [0.25, 0.3) is 66.4 Å². The van der Waals surface area contributed by atoms with Crippen molar-refractivity contribution in [3.05, 3.63) is 249 Å². The Balaban J connectivity index is 0.878. The first-order valence-corrected chi connectivity index (χ1v) is 21.7. The SMILES string of the molecule is C1=CCC(N(c2ccc(-c3ccccc3)cc2)c2ccc(-c3ccc4oc5ccc(-c6ccc(N(c7ccccc7)c7ccc(-c8ccccc8)cc7)cc6)cc5c4c3)cc2)C=C1. The van der Waals surface area contributed by atoms with Crippen LogP contribution in [0.2, 0.25) is 0 Å². The van der Waals surface area contributed by atoms with Crippen molar-refractivity contribution in [3.63, 3.8) is 0 Å². The largest absolute Gasteiger partial charge is 0.456 e. The molecule has 0 saturated heterocycles. The minimum absolute atomic E-state index is 0.225. The highest BCUT2D eigenvalue weighted by atomic mass is 16.3. The lowest BCUT2D eigenvalue weighted by atomic mass is 9.99. The second-order valence-electron chi connectivity index (χ2n) is 16.1. The minimum atomic E-state index is 0.225. The summed E-state index contributed by atoms with van der Waals surface area (Å²) < 4.78 is 6.40. The van der Waals surface area contributed by atoms with Crippen LogP contribution < -0.4 is 9.80 Å². The van der Waals surface area contributed by atoms with Gasteiger partial charge in [0.05, 0.1) is 6.04 Å². The van der Waals surface area contributed by atoms with E-state index in [1.54, 1.807) is 0 Å². The molecule has 0 N–H and O–H groups in total. The lowest BCUT2D eigenvalue weighted by Gasteiger charge is -2.33. The summed E-state index contributed by atoms with van der Waals surface area (Å²) in [6, 6.07) is 80.6. The van der Waals surface area contributed by atoms with Crippen molar-refractivity contribution in [1.29, 1.82) is 0 Å². The molecule has 0 amide bonds. The van der Waals surface area contributed by atoms with Crippen molar-refractivity contribution in [2.75, 3.05) is 9.80 Å².